The summed E-state index contributed by atoms with van der Waals surface area (Å²) in [5.41, 5.74) is 2.06. The fourth-order valence-electron chi connectivity index (χ4n) is 2.96. The van der Waals surface area contributed by atoms with Gasteiger partial charge in [-0.3, -0.25) is 0 Å². The van der Waals surface area contributed by atoms with E-state index in [-0.39, 0.29) is 0 Å². The molecule has 14 heavy (non-hydrogen) atoms. The number of rotatable bonds is 1. The Bertz CT molecular complexity index is 359. The Labute approximate surface area is 93.2 Å². The highest BCUT2D eigenvalue weighted by atomic mass is 79.9. The average molecular weight is 252 g/mol. The molecule has 1 nitrogen and oxygen atoms in total. The van der Waals surface area contributed by atoms with Gasteiger partial charge in [0.05, 0.1) is 0 Å². The van der Waals surface area contributed by atoms with Gasteiger partial charge in [0.2, 0.25) is 0 Å². The van der Waals surface area contributed by atoms with Crippen molar-refractivity contribution in [3.05, 3.63) is 34.3 Å². The van der Waals surface area contributed by atoms with Gasteiger partial charge in [0.1, 0.15) is 0 Å². The Balaban J connectivity index is 1.93. The lowest BCUT2D eigenvalue weighted by molar-refractivity contribution is 0.363. The standard InChI is InChI=1S/C12H14BrN/c1-14-7-10-6-12(10,8-14)9-2-4-11(13)5-3-9/h2-5,10H,6-8H2,1H3/t10-,12+/m0/s1. The number of halogens is 1. The number of likely N-dealkylation sites (N-methyl/N-ethyl adjacent to an activating group) is 1. The predicted octanol–water partition coefficient (Wildman–Crippen LogP) is 2.65. The number of nitrogens with zero attached hydrogens (tertiary/aromatic N) is 1. The van der Waals surface area contributed by atoms with E-state index < -0.39 is 0 Å². The van der Waals surface area contributed by atoms with Gasteiger partial charge in [-0.1, -0.05) is 28.1 Å². The number of likely N-dealkylation sites (tertiary alicyclic amines) is 1. The fourth-order valence-corrected chi connectivity index (χ4v) is 3.23. The molecule has 0 aromatic heterocycles. The molecule has 1 aromatic rings. The minimum Gasteiger partial charge on any atom is -0.305 e. The van der Waals surface area contributed by atoms with E-state index in [1.165, 1.54) is 29.5 Å². The van der Waals surface area contributed by atoms with Gasteiger partial charge in [0.25, 0.3) is 0 Å². The zero-order valence-electron chi connectivity index (χ0n) is 8.33. The lowest BCUT2D eigenvalue weighted by Crippen LogP contribution is -2.22. The minimum atomic E-state index is 0.523. The van der Waals surface area contributed by atoms with Crippen molar-refractivity contribution in [2.24, 2.45) is 5.92 Å². The van der Waals surface area contributed by atoms with Gasteiger partial charge >= 0.3 is 0 Å². The first-order valence-electron chi connectivity index (χ1n) is 5.15. The Morgan fingerprint density at radius 3 is 2.64 bits per heavy atom. The van der Waals surface area contributed by atoms with Gasteiger partial charge in [-0.15, -0.1) is 0 Å². The van der Waals surface area contributed by atoms with Crippen molar-refractivity contribution < 1.29 is 0 Å². The second-order valence-electron chi connectivity index (χ2n) is 4.76. The maximum Gasteiger partial charge on any atom is 0.0175 e. The monoisotopic (exact) mass is 251 g/mol. The van der Waals surface area contributed by atoms with Crippen LogP contribution in [0.1, 0.15) is 12.0 Å². The topological polar surface area (TPSA) is 3.24 Å². The number of piperidine rings is 1. The van der Waals surface area contributed by atoms with E-state index in [9.17, 15) is 0 Å². The maximum atomic E-state index is 3.49. The smallest absolute Gasteiger partial charge is 0.0175 e. The fraction of sp³-hybridized carbons (Fsp3) is 0.500. The van der Waals surface area contributed by atoms with Crippen LogP contribution in [0.15, 0.2) is 28.7 Å². The van der Waals surface area contributed by atoms with Crippen LogP contribution in [0.3, 0.4) is 0 Å². The van der Waals surface area contributed by atoms with Crippen LogP contribution in [0.25, 0.3) is 0 Å². The average Bonchev–Trinajstić information content (AvgIpc) is 2.71. The highest BCUT2D eigenvalue weighted by Gasteiger charge is 2.59. The molecule has 0 bridgehead atoms. The molecule has 0 unspecified atom stereocenters. The van der Waals surface area contributed by atoms with Crippen LogP contribution in [0.5, 0.6) is 0 Å². The molecule has 1 aliphatic carbocycles. The van der Waals surface area contributed by atoms with Crippen LogP contribution in [0.4, 0.5) is 0 Å². The first kappa shape index (κ1) is 8.93. The Kier molecular flexibility index (Phi) is 1.80. The third kappa shape index (κ3) is 1.17. The maximum absolute atomic E-state index is 3.49. The number of fused-ring (bicyclic) bond motifs is 1. The predicted molar refractivity (Wildman–Crippen MR) is 61.4 cm³/mol. The van der Waals surface area contributed by atoms with E-state index in [0.717, 1.165) is 5.92 Å². The molecule has 2 fully saturated rings. The summed E-state index contributed by atoms with van der Waals surface area (Å²) in [5, 5.41) is 0. The van der Waals surface area contributed by atoms with E-state index >= 15 is 0 Å². The molecule has 1 aromatic carbocycles. The molecule has 2 atom stereocenters. The van der Waals surface area contributed by atoms with Crippen LogP contribution in [-0.2, 0) is 5.41 Å². The molecule has 1 saturated heterocycles. The van der Waals surface area contributed by atoms with Gasteiger partial charge in [-0.2, -0.15) is 0 Å². The molecular weight excluding hydrogens is 238 g/mol. The van der Waals surface area contributed by atoms with Crippen LogP contribution in [0, 0.1) is 5.92 Å². The Morgan fingerprint density at radius 2 is 2.07 bits per heavy atom. The largest absolute Gasteiger partial charge is 0.305 e. The van der Waals surface area contributed by atoms with Crippen molar-refractivity contribution in [2.45, 2.75) is 11.8 Å². The third-order valence-electron chi connectivity index (χ3n) is 3.74. The van der Waals surface area contributed by atoms with Crippen LogP contribution < -0.4 is 0 Å². The number of hydrogen-bond acceptors (Lipinski definition) is 1. The quantitative estimate of drug-likeness (QED) is 0.742. The van der Waals surface area contributed by atoms with E-state index in [1.807, 2.05) is 0 Å². The van der Waals surface area contributed by atoms with Gasteiger partial charge in [-0.25, -0.2) is 0 Å². The van der Waals surface area contributed by atoms with Crippen molar-refractivity contribution >= 4 is 15.9 Å². The van der Waals surface area contributed by atoms with Crippen molar-refractivity contribution in [2.75, 3.05) is 20.1 Å². The lowest BCUT2D eigenvalue weighted by Gasteiger charge is -2.16. The number of hydrogen-bond donors (Lipinski definition) is 0. The summed E-state index contributed by atoms with van der Waals surface area (Å²) >= 11 is 3.49. The van der Waals surface area contributed by atoms with Gasteiger partial charge in [0.15, 0.2) is 0 Å². The highest BCUT2D eigenvalue weighted by Crippen LogP contribution is 2.58. The second kappa shape index (κ2) is 2.83. The Morgan fingerprint density at radius 1 is 1.36 bits per heavy atom. The van der Waals surface area contributed by atoms with Gasteiger partial charge in [0, 0.05) is 23.0 Å². The van der Waals surface area contributed by atoms with Crippen molar-refractivity contribution in [3.8, 4) is 0 Å². The molecule has 2 heteroatoms. The van der Waals surface area contributed by atoms with E-state index in [0.29, 0.717) is 5.41 Å². The SMILES string of the molecule is CN1C[C@@H]2C[C@]2(c2ccc(Br)cc2)C1. The summed E-state index contributed by atoms with van der Waals surface area (Å²) in [4.78, 5) is 2.45. The normalized spacial score (nSPS) is 35.7. The molecular formula is C12H14BrN. The molecule has 74 valence electrons. The summed E-state index contributed by atoms with van der Waals surface area (Å²) in [5.74, 6) is 0.925. The summed E-state index contributed by atoms with van der Waals surface area (Å²) in [6.07, 6.45) is 1.40. The molecule has 0 N–H and O–H groups in total. The van der Waals surface area contributed by atoms with E-state index in [2.05, 4.69) is 52.1 Å². The van der Waals surface area contributed by atoms with Crippen LogP contribution in [-0.4, -0.2) is 25.0 Å². The van der Waals surface area contributed by atoms with E-state index in [1.54, 1.807) is 0 Å². The highest BCUT2D eigenvalue weighted by molar-refractivity contribution is 9.10. The molecule has 2 aliphatic rings. The zero-order valence-corrected chi connectivity index (χ0v) is 9.92. The van der Waals surface area contributed by atoms with Crippen molar-refractivity contribution in [3.63, 3.8) is 0 Å². The van der Waals surface area contributed by atoms with Gasteiger partial charge < -0.3 is 4.90 Å². The molecule has 0 radical (unpaired) electrons. The summed E-state index contributed by atoms with van der Waals surface area (Å²) in [7, 11) is 2.23. The first-order valence-corrected chi connectivity index (χ1v) is 5.95. The van der Waals surface area contributed by atoms with Gasteiger partial charge in [-0.05, 0) is 37.1 Å². The molecule has 0 amide bonds. The summed E-state index contributed by atoms with van der Waals surface area (Å²) in [6, 6.07) is 8.89. The molecule has 1 aliphatic heterocycles. The summed E-state index contributed by atoms with van der Waals surface area (Å²) in [6.45, 7) is 2.54. The molecule has 0 spiro atoms. The van der Waals surface area contributed by atoms with Crippen molar-refractivity contribution in [1.82, 2.24) is 4.90 Å². The van der Waals surface area contributed by atoms with Crippen molar-refractivity contribution in [1.29, 1.82) is 0 Å². The zero-order chi connectivity index (χ0) is 9.76. The van der Waals surface area contributed by atoms with Crippen LogP contribution >= 0.6 is 15.9 Å². The molecule has 1 saturated carbocycles. The molecule has 1 heterocycles. The lowest BCUT2D eigenvalue weighted by atomic mass is 9.95. The molecule has 3 rings (SSSR count). The van der Waals surface area contributed by atoms with Crippen LogP contribution in [0.2, 0.25) is 0 Å². The number of benzene rings is 1. The first-order chi connectivity index (χ1) is 6.71. The third-order valence-corrected chi connectivity index (χ3v) is 4.26. The minimum absolute atomic E-state index is 0.523. The Hall–Kier alpha value is -0.340. The van der Waals surface area contributed by atoms with E-state index in [4.69, 9.17) is 0 Å². The second-order valence-corrected chi connectivity index (χ2v) is 5.68. The summed E-state index contributed by atoms with van der Waals surface area (Å²) < 4.78 is 1.18.